The van der Waals surface area contributed by atoms with Crippen molar-refractivity contribution in [2.45, 2.75) is 27.3 Å². The Morgan fingerprint density at radius 2 is 1.92 bits per heavy atom. The van der Waals surface area contributed by atoms with Gasteiger partial charge in [0.15, 0.2) is 5.96 Å². The van der Waals surface area contributed by atoms with Gasteiger partial charge < -0.3 is 20.0 Å². The van der Waals surface area contributed by atoms with Gasteiger partial charge in [-0.1, -0.05) is 31.2 Å². The number of rotatable bonds is 7. The van der Waals surface area contributed by atoms with E-state index in [9.17, 15) is 0 Å². The molecular formula is C21H37N5. The van der Waals surface area contributed by atoms with Crippen molar-refractivity contribution in [2.75, 3.05) is 59.9 Å². The Bertz CT molecular complexity index is 563. The van der Waals surface area contributed by atoms with Gasteiger partial charge in [0.1, 0.15) is 0 Å². The minimum absolute atomic E-state index is 0.568. The highest BCUT2D eigenvalue weighted by molar-refractivity contribution is 5.79. The van der Waals surface area contributed by atoms with Crippen LogP contribution in [0.1, 0.15) is 25.0 Å². The lowest BCUT2D eigenvalue weighted by atomic mass is 10.1. The number of aliphatic imine (C=N–C) groups is 1. The standard InChI is InChI=1S/C21H37N5/c1-6-22-21(25(5)17-20-10-8-7-9-19(20)3)23-15-18(2)16-26-13-11-24(4)12-14-26/h7-10,18H,6,11-17H2,1-5H3,(H,22,23). The molecule has 1 heterocycles. The van der Waals surface area contributed by atoms with Crippen molar-refractivity contribution in [2.24, 2.45) is 10.9 Å². The van der Waals surface area contributed by atoms with Gasteiger partial charge in [-0.05, 0) is 37.9 Å². The maximum absolute atomic E-state index is 4.91. The minimum atomic E-state index is 0.568. The number of likely N-dealkylation sites (N-methyl/N-ethyl adjacent to an activating group) is 1. The molecule has 1 saturated heterocycles. The Morgan fingerprint density at radius 3 is 2.58 bits per heavy atom. The summed E-state index contributed by atoms with van der Waals surface area (Å²) in [7, 11) is 4.33. The summed E-state index contributed by atoms with van der Waals surface area (Å²) in [4.78, 5) is 12.1. The average Bonchev–Trinajstić information content (AvgIpc) is 2.62. The average molecular weight is 360 g/mol. The van der Waals surface area contributed by atoms with Gasteiger partial charge in [0.05, 0.1) is 0 Å². The fourth-order valence-electron chi connectivity index (χ4n) is 3.36. The largest absolute Gasteiger partial charge is 0.357 e. The lowest BCUT2D eigenvalue weighted by Crippen LogP contribution is -2.46. The van der Waals surface area contributed by atoms with Gasteiger partial charge in [-0.2, -0.15) is 0 Å². The maximum Gasteiger partial charge on any atom is 0.193 e. The Labute approximate surface area is 160 Å². The number of piperazine rings is 1. The normalized spacial score (nSPS) is 18.0. The van der Waals surface area contributed by atoms with Crippen molar-refractivity contribution in [3.8, 4) is 0 Å². The van der Waals surface area contributed by atoms with Gasteiger partial charge in [0.2, 0.25) is 0 Å². The molecule has 0 bridgehead atoms. The van der Waals surface area contributed by atoms with Crippen LogP contribution in [0.4, 0.5) is 0 Å². The van der Waals surface area contributed by atoms with Crippen molar-refractivity contribution < 1.29 is 0 Å². The van der Waals surface area contributed by atoms with Crippen LogP contribution in [0.5, 0.6) is 0 Å². The van der Waals surface area contributed by atoms with Crippen LogP contribution in [-0.4, -0.2) is 80.6 Å². The summed E-state index contributed by atoms with van der Waals surface area (Å²) >= 11 is 0. The topological polar surface area (TPSA) is 34.1 Å². The van der Waals surface area contributed by atoms with Crippen LogP contribution in [0.15, 0.2) is 29.3 Å². The molecule has 0 amide bonds. The van der Waals surface area contributed by atoms with E-state index in [-0.39, 0.29) is 0 Å². The van der Waals surface area contributed by atoms with Gasteiger partial charge in [0.25, 0.3) is 0 Å². The van der Waals surface area contributed by atoms with Crippen LogP contribution in [0, 0.1) is 12.8 Å². The van der Waals surface area contributed by atoms with E-state index in [0.717, 1.165) is 32.1 Å². The lowest BCUT2D eigenvalue weighted by molar-refractivity contribution is 0.140. The molecule has 0 aliphatic carbocycles. The van der Waals surface area contributed by atoms with Crippen molar-refractivity contribution in [3.63, 3.8) is 0 Å². The molecule has 0 spiro atoms. The Balaban J connectivity index is 1.89. The molecule has 1 atom stereocenters. The first-order chi connectivity index (χ1) is 12.5. The maximum atomic E-state index is 4.91. The zero-order valence-electron chi connectivity index (χ0n) is 17.3. The first kappa shape index (κ1) is 20.7. The van der Waals surface area contributed by atoms with Gasteiger partial charge >= 0.3 is 0 Å². The number of benzene rings is 1. The van der Waals surface area contributed by atoms with Crippen LogP contribution in [0.3, 0.4) is 0 Å². The molecule has 26 heavy (non-hydrogen) atoms. The lowest BCUT2D eigenvalue weighted by Gasteiger charge is -2.33. The molecule has 0 radical (unpaired) electrons. The third-order valence-electron chi connectivity index (χ3n) is 5.08. The molecule has 2 rings (SSSR count). The molecule has 1 unspecified atom stereocenters. The van der Waals surface area contributed by atoms with E-state index >= 15 is 0 Å². The monoisotopic (exact) mass is 359 g/mol. The fraction of sp³-hybridized carbons (Fsp3) is 0.667. The van der Waals surface area contributed by atoms with E-state index in [2.05, 4.69) is 79.1 Å². The predicted octanol–water partition coefficient (Wildman–Crippen LogP) is 2.28. The van der Waals surface area contributed by atoms with Gasteiger partial charge in [-0.15, -0.1) is 0 Å². The van der Waals surface area contributed by atoms with E-state index in [1.807, 2.05) is 0 Å². The summed E-state index contributed by atoms with van der Waals surface area (Å²) in [5, 5.41) is 3.44. The molecule has 1 aromatic carbocycles. The van der Waals surface area contributed by atoms with Crippen LogP contribution in [0.2, 0.25) is 0 Å². The SMILES string of the molecule is CCNC(=NCC(C)CN1CCN(C)CC1)N(C)Cc1ccccc1C. The van der Waals surface area contributed by atoms with Crippen LogP contribution < -0.4 is 5.32 Å². The second-order valence-electron chi connectivity index (χ2n) is 7.69. The molecule has 1 aliphatic heterocycles. The van der Waals surface area contributed by atoms with E-state index in [1.165, 1.54) is 37.3 Å². The van der Waals surface area contributed by atoms with Crippen LogP contribution in [0.25, 0.3) is 0 Å². The van der Waals surface area contributed by atoms with E-state index in [1.54, 1.807) is 0 Å². The zero-order valence-corrected chi connectivity index (χ0v) is 17.3. The van der Waals surface area contributed by atoms with E-state index in [0.29, 0.717) is 5.92 Å². The molecule has 0 saturated carbocycles. The highest BCUT2D eigenvalue weighted by atomic mass is 15.3. The van der Waals surface area contributed by atoms with Crippen molar-refractivity contribution in [1.82, 2.24) is 20.0 Å². The second-order valence-corrected chi connectivity index (χ2v) is 7.69. The summed E-state index contributed by atoms with van der Waals surface area (Å²) in [5.41, 5.74) is 2.68. The molecule has 5 heteroatoms. The molecule has 1 N–H and O–H groups in total. The number of hydrogen-bond acceptors (Lipinski definition) is 3. The van der Waals surface area contributed by atoms with Gasteiger partial charge in [0, 0.05) is 59.4 Å². The third kappa shape index (κ3) is 6.61. The Kier molecular flexibility index (Phi) is 8.39. The fourth-order valence-corrected chi connectivity index (χ4v) is 3.36. The first-order valence-corrected chi connectivity index (χ1v) is 9.94. The summed E-state index contributed by atoms with van der Waals surface area (Å²) in [6, 6.07) is 8.58. The number of nitrogens with zero attached hydrogens (tertiary/aromatic N) is 4. The van der Waals surface area contributed by atoms with E-state index < -0.39 is 0 Å². The molecule has 1 fully saturated rings. The molecule has 5 nitrogen and oxygen atoms in total. The number of guanidine groups is 1. The molecule has 146 valence electrons. The van der Waals surface area contributed by atoms with Crippen molar-refractivity contribution in [3.05, 3.63) is 35.4 Å². The summed E-state index contributed by atoms with van der Waals surface area (Å²) in [5.74, 6) is 1.57. The Hall–Kier alpha value is -1.59. The second kappa shape index (κ2) is 10.5. The molecular weight excluding hydrogens is 322 g/mol. The number of hydrogen-bond donors (Lipinski definition) is 1. The van der Waals surface area contributed by atoms with Crippen LogP contribution in [-0.2, 0) is 6.54 Å². The van der Waals surface area contributed by atoms with Crippen molar-refractivity contribution in [1.29, 1.82) is 0 Å². The quantitative estimate of drug-likeness (QED) is 0.598. The van der Waals surface area contributed by atoms with E-state index in [4.69, 9.17) is 4.99 Å². The Morgan fingerprint density at radius 1 is 1.23 bits per heavy atom. The zero-order chi connectivity index (χ0) is 18.9. The first-order valence-electron chi connectivity index (χ1n) is 9.94. The number of aryl methyl sites for hydroxylation is 1. The highest BCUT2D eigenvalue weighted by Gasteiger charge is 2.16. The summed E-state index contributed by atoms with van der Waals surface area (Å²) < 4.78 is 0. The minimum Gasteiger partial charge on any atom is -0.357 e. The molecule has 1 aromatic rings. The smallest absolute Gasteiger partial charge is 0.193 e. The van der Waals surface area contributed by atoms with Gasteiger partial charge in [-0.3, -0.25) is 4.99 Å². The predicted molar refractivity (Wildman–Crippen MR) is 112 cm³/mol. The molecule has 0 aromatic heterocycles. The van der Waals surface area contributed by atoms with Crippen molar-refractivity contribution >= 4 is 5.96 Å². The highest BCUT2D eigenvalue weighted by Crippen LogP contribution is 2.10. The van der Waals surface area contributed by atoms with Crippen LogP contribution >= 0.6 is 0 Å². The van der Waals surface area contributed by atoms with Gasteiger partial charge in [-0.25, -0.2) is 0 Å². The number of nitrogens with one attached hydrogen (secondary N) is 1. The third-order valence-corrected chi connectivity index (χ3v) is 5.08. The summed E-state index contributed by atoms with van der Waals surface area (Å²) in [6.45, 7) is 15.1. The molecule has 1 aliphatic rings. The summed E-state index contributed by atoms with van der Waals surface area (Å²) in [6.07, 6.45) is 0.